The zero-order chi connectivity index (χ0) is 23.5. The fourth-order valence-corrected chi connectivity index (χ4v) is 3.80. The number of thioether (sulfide) groups is 1. The van der Waals surface area contributed by atoms with Crippen molar-refractivity contribution < 1.29 is 22.7 Å². The van der Waals surface area contributed by atoms with E-state index in [1.165, 1.54) is 12.1 Å². The summed E-state index contributed by atoms with van der Waals surface area (Å²) < 4.78 is 46.2. The van der Waals surface area contributed by atoms with Crippen LogP contribution in [-0.4, -0.2) is 25.9 Å². The van der Waals surface area contributed by atoms with Gasteiger partial charge in [0.25, 0.3) is 0 Å². The Hall–Kier alpha value is -2.72. The van der Waals surface area contributed by atoms with E-state index in [1.807, 2.05) is 0 Å². The number of benzene rings is 2. The minimum Gasteiger partial charge on any atom is -0.481 e. The summed E-state index contributed by atoms with van der Waals surface area (Å²) >= 11 is 7.26. The molecule has 3 rings (SSSR count). The van der Waals surface area contributed by atoms with Gasteiger partial charge < -0.3 is 14.6 Å². The van der Waals surface area contributed by atoms with Crippen LogP contribution in [-0.2, 0) is 18.0 Å². The van der Waals surface area contributed by atoms with Crippen LogP contribution in [0.2, 0.25) is 5.02 Å². The van der Waals surface area contributed by atoms with E-state index < -0.39 is 29.0 Å². The van der Waals surface area contributed by atoms with Crippen LogP contribution in [0, 0.1) is 0 Å². The molecule has 2 aromatic carbocycles. The van der Waals surface area contributed by atoms with E-state index in [9.17, 15) is 18.0 Å². The van der Waals surface area contributed by atoms with Gasteiger partial charge in [-0.05, 0) is 44.2 Å². The second-order valence-electron chi connectivity index (χ2n) is 6.92. The molecule has 1 N–H and O–H groups in total. The van der Waals surface area contributed by atoms with E-state index in [0.29, 0.717) is 21.8 Å². The number of nitrogens with zero attached hydrogens (tertiary/aromatic N) is 3. The molecule has 0 saturated carbocycles. The van der Waals surface area contributed by atoms with Crippen molar-refractivity contribution in [2.75, 3.05) is 5.32 Å². The monoisotopic (exact) mass is 484 g/mol. The Balaban J connectivity index is 1.65. The Morgan fingerprint density at radius 1 is 1.16 bits per heavy atom. The molecule has 2 atom stereocenters. The molecule has 0 saturated heterocycles. The number of rotatable bonds is 7. The van der Waals surface area contributed by atoms with Crippen LogP contribution in [0.3, 0.4) is 0 Å². The lowest BCUT2D eigenvalue weighted by Crippen LogP contribution is -2.23. The Bertz CT molecular complexity index is 1110. The lowest BCUT2D eigenvalue weighted by molar-refractivity contribution is -0.137. The van der Waals surface area contributed by atoms with Gasteiger partial charge in [0.2, 0.25) is 5.91 Å². The number of anilines is 1. The maximum absolute atomic E-state index is 12.9. The largest absolute Gasteiger partial charge is 0.481 e. The fourth-order valence-electron chi connectivity index (χ4n) is 2.80. The molecule has 0 aliphatic heterocycles. The number of amides is 1. The van der Waals surface area contributed by atoms with Crippen LogP contribution in [0.4, 0.5) is 18.9 Å². The van der Waals surface area contributed by atoms with E-state index >= 15 is 0 Å². The minimum atomic E-state index is -4.49. The molecular weight excluding hydrogens is 465 g/mol. The highest BCUT2D eigenvalue weighted by atomic mass is 35.5. The van der Waals surface area contributed by atoms with Crippen LogP contribution < -0.4 is 10.1 Å². The topological polar surface area (TPSA) is 69.0 Å². The summed E-state index contributed by atoms with van der Waals surface area (Å²) in [6.45, 7) is 3.43. The van der Waals surface area contributed by atoms with Gasteiger partial charge >= 0.3 is 6.18 Å². The van der Waals surface area contributed by atoms with Crippen molar-refractivity contribution >= 4 is 35.0 Å². The first kappa shape index (κ1) is 23.9. The van der Waals surface area contributed by atoms with Crippen molar-refractivity contribution in [2.24, 2.45) is 7.05 Å². The highest BCUT2D eigenvalue weighted by Gasteiger charge is 2.30. The number of carbonyl (C=O) groups is 1. The summed E-state index contributed by atoms with van der Waals surface area (Å²) in [5, 5.41) is 11.0. The zero-order valence-corrected chi connectivity index (χ0v) is 18.9. The molecule has 3 aromatic rings. The van der Waals surface area contributed by atoms with Gasteiger partial charge in [-0.25, -0.2) is 0 Å². The number of aromatic nitrogens is 3. The highest BCUT2D eigenvalue weighted by molar-refractivity contribution is 8.00. The van der Waals surface area contributed by atoms with Crippen molar-refractivity contribution in [1.29, 1.82) is 0 Å². The van der Waals surface area contributed by atoms with E-state index in [-0.39, 0.29) is 5.69 Å². The van der Waals surface area contributed by atoms with Crippen molar-refractivity contribution in [1.82, 2.24) is 14.8 Å². The van der Waals surface area contributed by atoms with Gasteiger partial charge in [0.05, 0.1) is 15.8 Å². The van der Waals surface area contributed by atoms with E-state index in [4.69, 9.17) is 16.3 Å². The van der Waals surface area contributed by atoms with Crippen LogP contribution in [0.1, 0.15) is 31.3 Å². The van der Waals surface area contributed by atoms with E-state index in [0.717, 1.165) is 23.9 Å². The second kappa shape index (κ2) is 9.83. The number of alkyl halides is 3. The van der Waals surface area contributed by atoms with Gasteiger partial charge in [-0.2, -0.15) is 13.2 Å². The summed E-state index contributed by atoms with van der Waals surface area (Å²) in [6.07, 6.45) is -4.95. The Labute approximate surface area is 192 Å². The summed E-state index contributed by atoms with van der Waals surface area (Å²) in [4.78, 5) is 12.5. The standard InChI is InChI=1S/C21H20ClF3N4O2S/c1-12(31-17-10-5-4-9-16(17)22)18-27-28-20(29(18)3)32-13(2)19(30)26-15-8-6-7-14(11-15)21(23,24)25/h4-13H,1-3H3,(H,26,30). The molecule has 1 amide bonds. The Morgan fingerprint density at radius 2 is 1.88 bits per heavy atom. The number of halogens is 4. The van der Waals surface area contributed by atoms with Gasteiger partial charge in [-0.3, -0.25) is 4.79 Å². The van der Waals surface area contributed by atoms with Gasteiger partial charge in [-0.15, -0.1) is 10.2 Å². The first-order valence-electron chi connectivity index (χ1n) is 9.51. The highest BCUT2D eigenvalue weighted by Crippen LogP contribution is 2.32. The molecule has 0 bridgehead atoms. The molecule has 0 fully saturated rings. The summed E-state index contributed by atoms with van der Waals surface area (Å²) in [7, 11) is 1.74. The molecule has 1 heterocycles. The Kier molecular flexibility index (Phi) is 7.35. The molecule has 0 aliphatic carbocycles. The molecule has 11 heteroatoms. The van der Waals surface area contributed by atoms with E-state index in [2.05, 4.69) is 15.5 Å². The smallest absolute Gasteiger partial charge is 0.416 e. The molecule has 0 radical (unpaired) electrons. The molecule has 0 spiro atoms. The lowest BCUT2D eigenvalue weighted by Gasteiger charge is -2.16. The van der Waals surface area contributed by atoms with Crippen molar-refractivity contribution in [3.05, 3.63) is 64.9 Å². The van der Waals surface area contributed by atoms with Gasteiger partial charge in [0.1, 0.15) is 5.75 Å². The van der Waals surface area contributed by atoms with E-state index in [1.54, 1.807) is 49.7 Å². The third kappa shape index (κ3) is 5.74. The average molecular weight is 485 g/mol. The first-order chi connectivity index (χ1) is 15.1. The maximum Gasteiger partial charge on any atom is 0.416 e. The molecule has 6 nitrogen and oxygen atoms in total. The van der Waals surface area contributed by atoms with Crippen LogP contribution in [0.5, 0.6) is 5.75 Å². The molecule has 32 heavy (non-hydrogen) atoms. The third-order valence-electron chi connectivity index (χ3n) is 4.48. The number of hydrogen-bond acceptors (Lipinski definition) is 5. The zero-order valence-electron chi connectivity index (χ0n) is 17.4. The van der Waals surface area contributed by atoms with Gasteiger partial charge in [-0.1, -0.05) is 41.6 Å². The molecular formula is C21H20ClF3N4O2S. The normalized spacial score (nSPS) is 13.5. The quantitative estimate of drug-likeness (QED) is 0.433. The minimum absolute atomic E-state index is 0.0673. The first-order valence-corrected chi connectivity index (χ1v) is 10.8. The number of para-hydroxylation sites is 1. The number of ether oxygens (including phenoxy) is 1. The van der Waals surface area contributed by atoms with Crippen molar-refractivity contribution in [3.63, 3.8) is 0 Å². The molecule has 1 aromatic heterocycles. The fraction of sp³-hybridized carbons (Fsp3) is 0.286. The van der Waals surface area contributed by atoms with Crippen molar-refractivity contribution in [2.45, 2.75) is 36.5 Å². The Morgan fingerprint density at radius 3 is 2.56 bits per heavy atom. The summed E-state index contributed by atoms with van der Waals surface area (Å²) in [5.41, 5.74) is -0.765. The second-order valence-corrected chi connectivity index (χ2v) is 8.63. The average Bonchev–Trinajstić information content (AvgIpc) is 3.09. The van der Waals surface area contributed by atoms with Gasteiger partial charge in [0.15, 0.2) is 17.1 Å². The third-order valence-corrected chi connectivity index (χ3v) is 5.93. The lowest BCUT2D eigenvalue weighted by atomic mass is 10.2. The maximum atomic E-state index is 12.9. The van der Waals surface area contributed by atoms with Crippen LogP contribution >= 0.6 is 23.4 Å². The molecule has 2 unspecified atom stereocenters. The molecule has 0 aliphatic rings. The van der Waals surface area contributed by atoms with Crippen LogP contribution in [0.25, 0.3) is 0 Å². The summed E-state index contributed by atoms with van der Waals surface area (Å²) in [6, 6.07) is 11.5. The number of hydrogen-bond donors (Lipinski definition) is 1. The predicted molar refractivity (Wildman–Crippen MR) is 117 cm³/mol. The predicted octanol–water partition coefficient (Wildman–Crippen LogP) is 5.75. The van der Waals surface area contributed by atoms with Crippen LogP contribution in [0.15, 0.2) is 53.7 Å². The SMILES string of the molecule is CC(Sc1nnc(C(C)Oc2ccccc2Cl)n1C)C(=O)Nc1cccc(C(F)(F)F)c1. The number of carbonyl (C=O) groups excluding carboxylic acids is 1. The summed E-state index contributed by atoms with van der Waals surface area (Å²) in [5.74, 6) is 0.574. The molecule has 170 valence electrons. The van der Waals surface area contributed by atoms with Gasteiger partial charge in [0, 0.05) is 12.7 Å². The number of nitrogens with one attached hydrogen (secondary N) is 1. The van der Waals surface area contributed by atoms with Crippen molar-refractivity contribution in [3.8, 4) is 5.75 Å².